The molecule has 0 atom stereocenters. The molecule has 0 N–H and O–H groups in total. The molecule has 3 heterocycles. The van der Waals surface area contributed by atoms with Crippen molar-refractivity contribution in [2.45, 2.75) is 19.5 Å². The van der Waals surface area contributed by atoms with Crippen LogP contribution in [0.25, 0.3) is 11.2 Å². The number of para-hydroxylation sites is 1. The van der Waals surface area contributed by atoms with Gasteiger partial charge in [0.2, 0.25) is 0 Å². The number of hydrogen-bond donors (Lipinski definition) is 0. The zero-order chi connectivity index (χ0) is 19.1. The fourth-order valence-electron chi connectivity index (χ4n) is 3.75. The van der Waals surface area contributed by atoms with Crippen LogP contribution < -0.4 is 16.0 Å². The van der Waals surface area contributed by atoms with Gasteiger partial charge in [0.15, 0.2) is 11.2 Å². The maximum atomic E-state index is 12.6. The molecule has 0 unspecified atom stereocenters. The molecule has 4 rings (SSSR count). The molecule has 1 aromatic carbocycles. The maximum Gasteiger partial charge on any atom is 0.332 e. The van der Waals surface area contributed by atoms with E-state index in [4.69, 9.17) is 4.74 Å². The molecular weight excluding hydrogens is 346 g/mol. The topological polar surface area (TPSA) is 74.3 Å². The number of nitrogens with zero attached hydrogens (tertiary/aromatic N) is 5. The number of benzene rings is 1. The van der Waals surface area contributed by atoms with E-state index in [0.29, 0.717) is 24.3 Å². The van der Waals surface area contributed by atoms with Crippen LogP contribution in [0.3, 0.4) is 0 Å². The van der Waals surface area contributed by atoms with Crippen LogP contribution in [0.4, 0.5) is 0 Å². The Bertz CT molecular complexity index is 1120. The molecular formula is C19H23N5O3. The molecule has 0 saturated carbocycles. The van der Waals surface area contributed by atoms with Gasteiger partial charge in [0.25, 0.3) is 5.56 Å². The molecule has 1 aliphatic rings. The van der Waals surface area contributed by atoms with Crippen molar-refractivity contribution in [2.75, 3.05) is 20.2 Å². The van der Waals surface area contributed by atoms with Gasteiger partial charge in [0.05, 0.1) is 13.7 Å². The lowest BCUT2D eigenvalue weighted by molar-refractivity contribution is 0.221. The van der Waals surface area contributed by atoms with Crippen LogP contribution >= 0.6 is 0 Å². The van der Waals surface area contributed by atoms with E-state index in [1.54, 1.807) is 14.2 Å². The Kier molecular flexibility index (Phi) is 4.35. The van der Waals surface area contributed by atoms with E-state index in [2.05, 4.69) is 16.0 Å². The van der Waals surface area contributed by atoms with Crippen molar-refractivity contribution in [3.8, 4) is 5.75 Å². The number of methoxy groups -OCH3 is 1. The lowest BCUT2D eigenvalue weighted by atomic mass is 10.1. The van der Waals surface area contributed by atoms with Gasteiger partial charge in [-0.1, -0.05) is 18.2 Å². The molecule has 142 valence electrons. The number of hydrogen-bond acceptors (Lipinski definition) is 5. The van der Waals surface area contributed by atoms with Gasteiger partial charge < -0.3 is 9.30 Å². The molecule has 8 nitrogen and oxygen atoms in total. The van der Waals surface area contributed by atoms with Crippen LogP contribution in [0.15, 0.2) is 33.9 Å². The summed E-state index contributed by atoms with van der Waals surface area (Å²) in [6.07, 6.45) is 0.879. The van der Waals surface area contributed by atoms with E-state index >= 15 is 0 Å². The van der Waals surface area contributed by atoms with Crippen molar-refractivity contribution >= 4 is 11.2 Å². The van der Waals surface area contributed by atoms with E-state index in [1.165, 1.54) is 17.2 Å². The number of imidazole rings is 1. The van der Waals surface area contributed by atoms with Gasteiger partial charge in [-0.15, -0.1) is 0 Å². The van der Waals surface area contributed by atoms with Gasteiger partial charge >= 0.3 is 5.69 Å². The van der Waals surface area contributed by atoms with Crippen LogP contribution in [-0.4, -0.2) is 43.8 Å². The molecule has 3 aromatic rings. The molecule has 0 spiro atoms. The Morgan fingerprint density at radius 2 is 1.89 bits per heavy atom. The monoisotopic (exact) mass is 369 g/mol. The summed E-state index contributed by atoms with van der Waals surface area (Å²) < 4.78 is 9.97. The first kappa shape index (κ1) is 17.5. The van der Waals surface area contributed by atoms with Crippen molar-refractivity contribution in [1.82, 2.24) is 23.6 Å². The SMILES string of the molecule is COc1ccccc1CCN1CCn2c(nc3c2c(=O)n(C)c(=O)n3C)C1. The van der Waals surface area contributed by atoms with Gasteiger partial charge in [0.1, 0.15) is 11.6 Å². The summed E-state index contributed by atoms with van der Waals surface area (Å²) in [5.41, 5.74) is 1.52. The summed E-state index contributed by atoms with van der Waals surface area (Å²) in [6.45, 7) is 3.05. The first-order valence-corrected chi connectivity index (χ1v) is 9.00. The molecule has 0 amide bonds. The highest BCUT2D eigenvalue weighted by Gasteiger charge is 2.24. The smallest absolute Gasteiger partial charge is 0.332 e. The number of rotatable bonds is 4. The van der Waals surface area contributed by atoms with Crippen molar-refractivity contribution in [1.29, 1.82) is 0 Å². The minimum absolute atomic E-state index is 0.283. The first-order chi connectivity index (χ1) is 13.0. The number of aromatic nitrogens is 4. The highest BCUT2D eigenvalue weighted by atomic mass is 16.5. The maximum absolute atomic E-state index is 12.6. The number of aryl methyl sites for hydroxylation is 1. The third kappa shape index (κ3) is 2.86. The van der Waals surface area contributed by atoms with Crippen molar-refractivity contribution in [3.05, 3.63) is 56.5 Å². The zero-order valence-corrected chi connectivity index (χ0v) is 15.8. The minimum Gasteiger partial charge on any atom is -0.496 e. The Labute approximate surface area is 156 Å². The normalized spacial score (nSPS) is 14.5. The van der Waals surface area contributed by atoms with Crippen LogP contribution in [0.5, 0.6) is 5.75 Å². The Hall–Kier alpha value is -2.87. The lowest BCUT2D eigenvalue weighted by Crippen LogP contribution is -2.39. The van der Waals surface area contributed by atoms with Gasteiger partial charge in [-0.25, -0.2) is 9.78 Å². The summed E-state index contributed by atoms with van der Waals surface area (Å²) in [6, 6.07) is 8.04. The van der Waals surface area contributed by atoms with Crippen molar-refractivity contribution in [3.63, 3.8) is 0 Å². The highest BCUT2D eigenvalue weighted by Crippen LogP contribution is 2.21. The predicted molar refractivity (Wildman–Crippen MR) is 102 cm³/mol. The van der Waals surface area contributed by atoms with Gasteiger partial charge in [-0.05, 0) is 18.1 Å². The lowest BCUT2D eigenvalue weighted by Gasteiger charge is -2.27. The minimum atomic E-state index is -0.351. The average molecular weight is 369 g/mol. The van der Waals surface area contributed by atoms with Gasteiger partial charge in [-0.3, -0.25) is 18.8 Å². The summed E-state index contributed by atoms with van der Waals surface area (Å²) in [7, 11) is 4.85. The fraction of sp³-hybridized carbons (Fsp3) is 0.421. The standard InChI is InChI=1S/C19H23N5O3/c1-21-17-16(18(25)22(2)19(21)26)24-11-10-23(12-15(24)20-17)9-8-13-6-4-5-7-14(13)27-3/h4-7H,8-12H2,1-3H3. The molecule has 1 aliphatic heterocycles. The van der Waals surface area contributed by atoms with Gasteiger partial charge in [0, 0.05) is 33.7 Å². The van der Waals surface area contributed by atoms with Crippen molar-refractivity contribution in [2.24, 2.45) is 14.1 Å². The van der Waals surface area contributed by atoms with E-state index in [0.717, 1.165) is 35.7 Å². The van der Waals surface area contributed by atoms with Crippen LogP contribution in [-0.2, 0) is 33.6 Å². The summed E-state index contributed by atoms with van der Waals surface area (Å²) in [5, 5.41) is 0. The Morgan fingerprint density at radius 3 is 2.67 bits per heavy atom. The fourth-order valence-corrected chi connectivity index (χ4v) is 3.75. The third-order valence-electron chi connectivity index (χ3n) is 5.32. The van der Waals surface area contributed by atoms with E-state index in [9.17, 15) is 9.59 Å². The second-order valence-corrected chi connectivity index (χ2v) is 6.90. The molecule has 0 fully saturated rings. The second kappa shape index (κ2) is 6.70. The molecule has 27 heavy (non-hydrogen) atoms. The largest absolute Gasteiger partial charge is 0.496 e. The Morgan fingerprint density at radius 1 is 1.11 bits per heavy atom. The Balaban J connectivity index is 1.61. The van der Waals surface area contributed by atoms with Crippen LogP contribution in [0.2, 0.25) is 0 Å². The number of fused-ring (bicyclic) bond motifs is 3. The van der Waals surface area contributed by atoms with Crippen LogP contribution in [0, 0.1) is 0 Å². The third-order valence-corrected chi connectivity index (χ3v) is 5.32. The summed E-state index contributed by atoms with van der Waals surface area (Å²) in [5.74, 6) is 1.73. The summed E-state index contributed by atoms with van der Waals surface area (Å²) >= 11 is 0. The number of ether oxygens (including phenoxy) is 1. The molecule has 0 bridgehead atoms. The van der Waals surface area contributed by atoms with Gasteiger partial charge in [-0.2, -0.15) is 0 Å². The molecule has 0 saturated heterocycles. The zero-order valence-electron chi connectivity index (χ0n) is 15.8. The van der Waals surface area contributed by atoms with E-state index < -0.39 is 0 Å². The van der Waals surface area contributed by atoms with Crippen LogP contribution in [0.1, 0.15) is 11.4 Å². The second-order valence-electron chi connectivity index (χ2n) is 6.90. The summed E-state index contributed by atoms with van der Waals surface area (Å²) in [4.78, 5) is 31.6. The molecule has 8 heteroatoms. The molecule has 0 radical (unpaired) electrons. The first-order valence-electron chi connectivity index (χ1n) is 9.00. The van der Waals surface area contributed by atoms with E-state index in [-0.39, 0.29) is 11.2 Å². The quantitative estimate of drug-likeness (QED) is 0.670. The average Bonchev–Trinajstić information content (AvgIpc) is 3.08. The molecule has 0 aliphatic carbocycles. The van der Waals surface area contributed by atoms with E-state index in [1.807, 2.05) is 22.8 Å². The van der Waals surface area contributed by atoms with Crippen molar-refractivity contribution < 1.29 is 4.74 Å². The molecule has 2 aromatic heterocycles. The predicted octanol–water partition coefficient (Wildman–Crippen LogP) is 0.501. The highest BCUT2D eigenvalue weighted by molar-refractivity contribution is 5.71.